The summed E-state index contributed by atoms with van der Waals surface area (Å²) in [7, 11) is 0. The van der Waals surface area contributed by atoms with Gasteiger partial charge in [0.25, 0.3) is 0 Å². The highest BCUT2D eigenvalue weighted by atomic mass is 79.9. The van der Waals surface area contributed by atoms with Crippen LogP contribution in [0.3, 0.4) is 0 Å². The summed E-state index contributed by atoms with van der Waals surface area (Å²) >= 11 is 3.61. The molecule has 0 saturated heterocycles. The molecular formula is C15H16BrN3O. The van der Waals surface area contributed by atoms with Crippen LogP contribution in [0.25, 0.3) is 22.2 Å². The van der Waals surface area contributed by atoms with E-state index in [0.717, 1.165) is 43.9 Å². The number of hydrogen-bond acceptors (Lipinski definition) is 3. The average Bonchev–Trinajstić information content (AvgIpc) is 2.94. The summed E-state index contributed by atoms with van der Waals surface area (Å²) in [6.07, 6.45) is 0. The van der Waals surface area contributed by atoms with Crippen molar-refractivity contribution in [3.05, 3.63) is 33.9 Å². The molecule has 5 heteroatoms. The summed E-state index contributed by atoms with van der Waals surface area (Å²) in [4.78, 5) is 8.02. The van der Waals surface area contributed by atoms with Gasteiger partial charge in [-0.05, 0) is 47.5 Å². The molecule has 20 heavy (non-hydrogen) atoms. The molecule has 0 aliphatic heterocycles. The first-order chi connectivity index (χ1) is 9.47. The van der Waals surface area contributed by atoms with Crippen molar-refractivity contribution >= 4 is 27.0 Å². The Labute approximate surface area is 125 Å². The van der Waals surface area contributed by atoms with Gasteiger partial charge in [0, 0.05) is 16.0 Å². The average molecular weight is 334 g/mol. The van der Waals surface area contributed by atoms with Crippen molar-refractivity contribution in [3.8, 4) is 11.1 Å². The topological polar surface area (TPSA) is 54.7 Å². The van der Waals surface area contributed by atoms with Gasteiger partial charge in [0.1, 0.15) is 17.1 Å². The fraction of sp³-hybridized carbons (Fsp3) is 0.333. The highest BCUT2D eigenvalue weighted by Crippen LogP contribution is 2.33. The number of imidazole rings is 1. The smallest absolute Gasteiger partial charge is 0.141 e. The minimum atomic E-state index is 0.372. The number of halogens is 1. The van der Waals surface area contributed by atoms with E-state index in [-0.39, 0.29) is 0 Å². The minimum Gasteiger partial charge on any atom is -0.361 e. The zero-order valence-electron chi connectivity index (χ0n) is 11.9. The van der Waals surface area contributed by atoms with Gasteiger partial charge in [-0.3, -0.25) is 0 Å². The number of H-pyrrole nitrogens is 1. The summed E-state index contributed by atoms with van der Waals surface area (Å²) in [5, 5.41) is 4.02. The zero-order valence-corrected chi connectivity index (χ0v) is 13.5. The first-order valence-corrected chi connectivity index (χ1v) is 7.39. The van der Waals surface area contributed by atoms with E-state index in [1.807, 2.05) is 13.8 Å². The lowest BCUT2D eigenvalue weighted by molar-refractivity contribution is 0.393. The second-order valence-corrected chi connectivity index (χ2v) is 6.18. The molecule has 2 aromatic heterocycles. The normalized spacial score (nSPS) is 11.7. The molecule has 2 heterocycles. The van der Waals surface area contributed by atoms with Crippen molar-refractivity contribution in [3.63, 3.8) is 0 Å². The summed E-state index contributed by atoms with van der Waals surface area (Å²) < 4.78 is 6.23. The van der Waals surface area contributed by atoms with Gasteiger partial charge >= 0.3 is 0 Å². The molecule has 0 radical (unpaired) electrons. The van der Waals surface area contributed by atoms with Crippen LogP contribution in [0, 0.1) is 13.8 Å². The van der Waals surface area contributed by atoms with Crippen LogP contribution in [0.5, 0.6) is 0 Å². The van der Waals surface area contributed by atoms with Crippen LogP contribution in [0.15, 0.2) is 21.1 Å². The molecule has 1 aromatic carbocycles. The van der Waals surface area contributed by atoms with Crippen LogP contribution in [-0.2, 0) is 0 Å². The molecule has 0 fully saturated rings. The second kappa shape index (κ2) is 4.74. The van der Waals surface area contributed by atoms with Crippen molar-refractivity contribution in [2.75, 3.05) is 0 Å². The molecule has 0 aliphatic carbocycles. The Morgan fingerprint density at radius 3 is 2.60 bits per heavy atom. The molecule has 0 bridgehead atoms. The third kappa shape index (κ3) is 2.06. The summed E-state index contributed by atoms with van der Waals surface area (Å²) in [6.45, 7) is 8.14. The molecule has 0 spiro atoms. The second-order valence-electron chi connectivity index (χ2n) is 5.33. The molecule has 3 rings (SSSR count). The van der Waals surface area contributed by atoms with Gasteiger partial charge in [-0.2, -0.15) is 0 Å². The Balaban J connectivity index is 2.24. The maximum atomic E-state index is 5.25. The third-order valence-electron chi connectivity index (χ3n) is 3.43. The number of nitrogens with zero attached hydrogens (tertiary/aromatic N) is 2. The summed E-state index contributed by atoms with van der Waals surface area (Å²) in [5.41, 5.74) is 5.02. The third-order valence-corrected chi connectivity index (χ3v) is 4.03. The zero-order chi connectivity index (χ0) is 14.4. The standard InChI is InChI=1S/C15H16BrN3O/c1-7(2)15-17-12-6-10(5-11(16)14(12)18-15)13-8(3)19-20-9(13)4/h5-7H,1-4H3,(H,17,18). The number of nitrogens with one attached hydrogen (secondary N) is 1. The van der Waals surface area contributed by atoms with E-state index in [2.05, 4.69) is 57.0 Å². The lowest BCUT2D eigenvalue weighted by atomic mass is 10.0. The SMILES string of the molecule is Cc1noc(C)c1-c1cc(Br)c2nc(C(C)C)[nH]c2c1. The summed E-state index contributed by atoms with van der Waals surface area (Å²) in [6, 6.07) is 4.17. The number of benzene rings is 1. The Morgan fingerprint density at radius 2 is 2.00 bits per heavy atom. The van der Waals surface area contributed by atoms with Crippen molar-refractivity contribution in [2.45, 2.75) is 33.6 Å². The number of aromatic nitrogens is 3. The van der Waals surface area contributed by atoms with E-state index in [1.54, 1.807) is 0 Å². The van der Waals surface area contributed by atoms with Gasteiger partial charge in [0.2, 0.25) is 0 Å². The Bertz CT molecular complexity index is 766. The number of aryl methyl sites for hydroxylation is 2. The van der Waals surface area contributed by atoms with Crippen LogP contribution < -0.4 is 0 Å². The first kappa shape index (κ1) is 13.4. The highest BCUT2D eigenvalue weighted by Gasteiger charge is 2.15. The van der Waals surface area contributed by atoms with Crippen LogP contribution in [0.4, 0.5) is 0 Å². The molecule has 0 amide bonds. The van der Waals surface area contributed by atoms with Crippen LogP contribution >= 0.6 is 15.9 Å². The van der Waals surface area contributed by atoms with Gasteiger partial charge in [-0.1, -0.05) is 19.0 Å². The molecule has 0 atom stereocenters. The lowest BCUT2D eigenvalue weighted by Crippen LogP contribution is -1.88. The Hall–Kier alpha value is -1.62. The van der Waals surface area contributed by atoms with E-state index in [0.29, 0.717) is 5.92 Å². The molecule has 0 saturated carbocycles. The lowest BCUT2D eigenvalue weighted by Gasteiger charge is -2.02. The fourth-order valence-electron chi connectivity index (χ4n) is 2.41. The molecular weight excluding hydrogens is 318 g/mol. The minimum absolute atomic E-state index is 0.372. The predicted octanol–water partition coefficient (Wildman–Crippen LogP) is 4.72. The highest BCUT2D eigenvalue weighted by molar-refractivity contribution is 9.10. The Kier molecular flexibility index (Phi) is 3.17. The van der Waals surface area contributed by atoms with E-state index < -0.39 is 0 Å². The summed E-state index contributed by atoms with van der Waals surface area (Å²) in [5.74, 6) is 2.20. The van der Waals surface area contributed by atoms with E-state index in [1.165, 1.54) is 0 Å². The van der Waals surface area contributed by atoms with Crippen LogP contribution in [-0.4, -0.2) is 15.1 Å². The monoisotopic (exact) mass is 333 g/mol. The largest absolute Gasteiger partial charge is 0.361 e. The molecule has 3 aromatic rings. The van der Waals surface area contributed by atoms with E-state index in [4.69, 9.17) is 4.52 Å². The quantitative estimate of drug-likeness (QED) is 0.738. The van der Waals surface area contributed by atoms with Crippen molar-refractivity contribution in [2.24, 2.45) is 0 Å². The van der Waals surface area contributed by atoms with Crippen LogP contribution in [0.1, 0.15) is 37.0 Å². The Morgan fingerprint density at radius 1 is 1.25 bits per heavy atom. The van der Waals surface area contributed by atoms with Crippen LogP contribution in [0.2, 0.25) is 0 Å². The van der Waals surface area contributed by atoms with Gasteiger partial charge < -0.3 is 9.51 Å². The van der Waals surface area contributed by atoms with Gasteiger partial charge in [-0.25, -0.2) is 4.98 Å². The number of aromatic amines is 1. The molecule has 4 nitrogen and oxygen atoms in total. The molecule has 104 valence electrons. The number of rotatable bonds is 2. The van der Waals surface area contributed by atoms with Gasteiger partial charge in [0.05, 0.1) is 11.2 Å². The van der Waals surface area contributed by atoms with E-state index in [9.17, 15) is 0 Å². The maximum Gasteiger partial charge on any atom is 0.141 e. The van der Waals surface area contributed by atoms with Crippen molar-refractivity contribution < 1.29 is 4.52 Å². The number of fused-ring (bicyclic) bond motifs is 1. The first-order valence-electron chi connectivity index (χ1n) is 6.59. The number of hydrogen-bond donors (Lipinski definition) is 1. The van der Waals surface area contributed by atoms with Crippen molar-refractivity contribution in [1.82, 2.24) is 15.1 Å². The van der Waals surface area contributed by atoms with Gasteiger partial charge in [0.15, 0.2) is 0 Å². The fourth-order valence-corrected chi connectivity index (χ4v) is 2.96. The maximum absolute atomic E-state index is 5.25. The molecule has 0 unspecified atom stereocenters. The molecule has 1 N–H and O–H groups in total. The molecule has 0 aliphatic rings. The van der Waals surface area contributed by atoms with Gasteiger partial charge in [-0.15, -0.1) is 0 Å². The van der Waals surface area contributed by atoms with Crippen molar-refractivity contribution in [1.29, 1.82) is 0 Å². The van der Waals surface area contributed by atoms with E-state index >= 15 is 0 Å². The predicted molar refractivity (Wildman–Crippen MR) is 82.9 cm³/mol.